The van der Waals surface area contributed by atoms with Gasteiger partial charge in [-0.1, -0.05) is 6.08 Å². The van der Waals surface area contributed by atoms with Gasteiger partial charge in [0, 0.05) is 6.08 Å². The molecular weight excluding hydrogens is 180 g/mol. The highest BCUT2D eigenvalue weighted by Gasteiger charge is 2.13. The second-order valence-electron chi connectivity index (χ2n) is 1.89. The highest BCUT2D eigenvalue weighted by atomic mass is 16.4. The van der Waals surface area contributed by atoms with Crippen LogP contribution in [-0.2, 0) is 14.4 Å². The Morgan fingerprint density at radius 2 is 1.38 bits per heavy atom. The van der Waals surface area contributed by atoms with Crippen LogP contribution in [0.4, 0.5) is 0 Å². The van der Waals surface area contributed by atoms with Gasteiger partial charge in [0.25, 0.3) is 0 Å². The van der Waals surface area contributed by atoms with Crippen LogP contribution in [0.2, 0.25) is 0 Å². The van der Waals surface area contributed by atoms with Crippen LogP contribution < -0.4 is 0 Å². The van der Waals surface area contributed by atoms with Gasteiger partial charge in [-0.15, -0.1) is 0 Å². The minimum atomic E-state index is -1.62. The van der Waals surface area contributed by atoms with E-state index >= 15 is 0 Å². The maximum atomic E-state index is 10.2. The summed E-state index contributed by atoms with van der Waals surface area (Å²) in [4.78, 5) is 30.3. The molecule has 0 fully saturated rings. The van der Waals surface area contributed by atoms with Gasteiger partial charge >= 0.3 is 17.9 Å². The van der Waals surface area contributed by atoms with Gasteiger partial charge < -0.3 is 15.3 Å². The average molecular weight is 186 g/mol. The summed E-state index contributed by atoms with van der Waals surface area (Å²) in [6, 6.07) is 0. The summed E-state index contributed by atoms with van der Waals surface area (Å²) in [6.45, 7) is 0. The molecule has 0 aliphatic rings. The maximum Gasteiger partial charge on any atom is 0.343 e. The van der Waals surface area contributed by atoms with Crippen molar-refractivity contribution in [3.05, 3.63) is 23.8 Å². The molecule has 70 valence electrons. The van der Waals surface area contributed by atoms with Gasteiger partial charge in [0.05, 0.1) is 0 Å². The van der Waals surface area contributed by atoms with Crippen molar-refractivity contribution in [2.75, 3.05) is 0 Å². The minimum Gasteiger partial charge on any atom is -0.478 e. The summed E-state index contributed by atoms with van der Waals surface area (Å²) in [7, 11) is 0. The van der Waals surface area contributed by atoms with Crippen molar-refractivity contribution in [2.24, 2.45) is 0 Å². The van der Waals surface area contributed by atoms with Crippen molar-refractivity contribution in [1.29, 1.82) is 0 Å². The number of rotatable bonds is 4. The summed E-state index contributed by atoms with van der Waals surface area (Å²) >= 11 is 0. The molecule has 0 aliphatic carbocycles. The highest BCUT2D eigenvalue weighted by Crippen LogP contribution is 1.95. The van der Waals surface area contributed by atoms with Crippen molar-refractivity contribution in [3.8, 4) is 0 Å². The van der Waals surface area contributed by atoms with Gasteiger partial charge in [-0.25, -0.2) is 14.4 Å². The standard InChI is InChI=1S/C7H6O6/c8-5(9)3-1-2-4(6(10)11)7(12)13/h1-3H,(H,8,9)(H,10,11)(H,12,13)/b3-1-. The Bertz CT molecular complexity index is 282. The van der Waals surface area contributed by atoms with E-state index in [1.165, 1.54) is 0 Å². The Morgan fingerprint density at radius 3 is 1.69 bits per heavy atom. The van der Waals surface area contributed by atoms with Crippen LogP contribution in [0.25, 0.3) is 0 Å². The number of hydrogen-bond donors (Lipinski definition) is 3. The molecule has 0 radical (unpaired) electrons. The van der Waals surface area contributed by atoms with Crippen LogP contribution >= 0.6 is 0 Å². The van der Waals surface area contributed by atoms with E-state index in [-0.39, 0.29) is 0 Å². The van der Waals surface area contributed by atoms with Crippen LogP contribution in [0.3, 0.4) is 0 Å². The second-order valence-corrected chi connectivity index (χ2v) is 1.89. The van der Waals surface area contributed by atoms with Crippen LogP contribution in [0.15, 0.2) is 23.8 Å². The fraction of sp³-hybridized carbons (Fsp3) is 0. The van der Waals surface area contributed by atoms with Gasteiger partial charge in [0.15, 0.2) is 0 Å². The largest absolute Gasteiger partial charge is 0.478 e. The van der Waals surface area contributed by atoms with Gasteiger partial charge in [-0.05, 0) is 6.08 Å². The third-order valence-corrected chi connectivity index (χ3v) is 0.963. The van der Waals surface area contributed by atoms with Gasteiger partial charge in [0.2, 0.25) is 0 Å². The minimum absolute atomic E-state index is 0.631. The number of hydrogen-bond acceptors (Lipinski definition) is 3. The Labute approximate surface area is 72.4 Å². The predicted molar refractivity (Wildman–Crippen MR) is 40.1 cm³/mol. The summed E-state index contributed by atoms with van der Waals surface area (Å²) in [6.07, 6.45) is 2.16. The first-order chi connectivity index (χ1) is 5.95. The Kier molecular flexibility index (Phi) is 3.94. The molecule has 0 bridgehead atoms. The van der Waals surface area contributed by atoms with E-state index < -0.39 is 23.5 Å². The van der Waals surface area contributed by atoms with Crippen LogP contribution in [0.1, 0.15) is 0 Å². The molecule has 0 aliphatic heterocycles. The molecule has 0 saturated carbocycles. The topological polar surface area (TPSA) is 112 Å². The van der Waals surface area contributed by atoms with Crippen molar-refractivity contribution in [3.63, 3.8) is 0 Å². The molecule has 6 nitrogen and oxygen atoms in total. The molecule has 0 rings (SSSR count). The van der Waals surface area contributed by atoms with E-state index in [0.717, 1.165) is 6.08 Å². The maximum absolute atomic E-state index is 10.2. The van der Waals surface area contributed by atoms with Crippen molar-refractivity contribution in [1.82, 2.24) is 0 Å². The van der Waals surface area contributed by atoms with Crippen LogP contribution in [0, 0.1) is 0 Å². The number of aliphatic carboxylic acids is 3. The fourth-order valence-corrected chi connectivity index (χ4v) is 0.461. The lowest BCUT2D eigenvalue weighted by Crippen LogP contribution is -2.10. The molecule has 0 aromatic rings. The second kappa shape index (κ2) is 4.70. The van der Waals surface area contributed by atoms with E-state index in [1.807, 2.05) is 0 Å². The number of carboxylic acid groups (broad SMARTS) is 3. The van der Waals surface area contributed by atoms with E-state index in [0.29, 0.717) is 12.2 Å². The molecule has 0 saturated heterocycles. The fourth-order valence-electron chi connectivity index (χ4n) is 0.461. The molecule has 3 N–H and O–H groups in total. The lowest BCUT2D eigenvalue weighted by Gasteiger charge is -1.90. The van der Waals surface area contributed by atoms with Crippen molar-refractivity contribution in [2.45, 2.75) is 0 Å². The molecule has 0 aromatic carbocycles. The quantitative estimate of drug-likeness (QED) is 0.241. The van der Waals surface area contributed by atoms with E-state index in [4.69, 9.17) is 15.3 Å². The van der Waals surface area contributed by atoms with Crippen molar-refractivity contribution < 1.29 is 29.7 Å². The van der Waals surface area contributed by atoms with Gasteiger partial charge in [0.1, 0.15) is 5.57 Å². The van der Waals surface area contributed by atoms with Gasteiger partial charge in [-0.2, -0.15) is 0 Å². The molecule has 0 heterocycles. The molecule has 13 heavy (non-hydrogen) atoms. The molecule has 0 unspecified atom stereocenters. The molecular formula is C7H6O6. The molecule has 0 atom stereocenters. The normalized spacial score (nSPS) is 9.54. The third-order valence-electron chi connectivity index (χ3n) is 0.963. The van der Waals surface area contributed by atoms with Crippen molar-refractivity contribution >= 4 is 17.9 Å². The summed E-state index contributed by atoms with van der Waals surface area (Å²) in [5.41, 5.74) is -0.891. The van der Waals surface area contributed by atoms with E-state index in [2.05, 4.69) is 0 Å². The Balaban J connectivity index is 4.66. The Hall–Kier alpha value is -2.11. The zero-order valence-corrected chi connectivity index (χ0v) is 6.30. The average Bonchev–Trinajstić information content (AvgIpc) is 1.95. The summed E-state index contributed by atoms with van der Waals surface area (Å²) in [5.74, 6) is -4.53. The molecule has 0 amide bonds. The molecule has 0 spiro atoms. The number of allylic oxidation sites excluding steroid dienone is 2. The molecule has 0 aromatic heterocycles. The van der Waals surface area contributed by atoms with E-state index in [9.17, 15) is 14.4 Å². The SMILES string of the molecule is O=C(O)/C=C\C=C(C(=O)O)C(=O)O. The monoisotopic (exact) mass is 186 g/mol. The lowest BCUT2D eigenvalue weighted by molar-refractivity contribution is -0.140. The zero-order valence-electron chi connectivity index (χ0n) is 6.30. The smallest absolute Gasteiger partial charge is 0.343 e. The number of carboxylic acids is 3. The van der Waals surface area contributed by atoms with Gasteiger partial charge in [-0.3, -0.25) is 0 Å². The Morgan fingerprint density at radius 1 is 0.923 bits per heavy atom. The number of carbonyl (C=O) groups is 3. The first-order valence-electron chi connectivity index (χ1n) is 3.03. The molecule has 6 heteroatoms. The first kappa shape index (κ1) is 10.9. The predicted octanol–water partition coefficient (Wildman–Crippen LogP) is -0.277. The summed E-state index contributed by atoms with van der Waals surface area (Å²) in [5, 5.41) is 24.6. The third kappa shape index (κ3) is 4.35. The van der Waals surface area contributed by atoms with Crippen LogP contribution in [0.5, 0.6) is 0 Å². The lowest BCUT2D eigenvalue weighted by atomic mass is 10.2. The van der Waals surface area contributed by atoms with Crippen LogP contribution in [-0.4, -0.2) is 33.2 Å². The van der Waals surface area contributed by atoms with E-state index in [1.54, 1.807) is 0 Å². The summed E-state index contributed by atoms with van der Waals surface area (Å²) < 4.78 is 0. The highest BCUT2D eigenvalue weighted by molar-refractivity contribution is 6.12. The zero-order chi connectivity index (χ0) is 10.4. The first-order valence-corrected chi connectivity index (χ1v) is 3.03.